The van der Waals surface area contributed by atoms with Crippen molar-refractivity contribution >= 4 is 22.2 Å². The minimum Gasteiger partial charge on any atom is -0.493 e. The van der Waals surface area contributed by atoms with E-state index in [-0.39, 0.29) is 12.1 Å². The highest BCUT2D eigenvalue weighted by Gasteiger charge is 2.37. The van der Waals surface area contributed by atoms with Crippen LogP contribution in [0.15, 0.2) is 48.5 Å². The van der Waals surface area contributed by atoms with Crippen molar-refractivity contribution in [2.24, 2.45) is 11.3 Å². The maximum Gasteiger partial charge on any atom is 0.256 e. The number of thiophene rings is 1. The number of rotatable bonds is 7. The molecule has 0 spiro atoms. The Bertz CT molecular complexity index is 1220. The molecule has 1 aliphatic heterocycles. The van der Waals surface area contributed by atoms with Gasteiger partial charge >= 0.3 is 0 Å². The number of ether oxygens (including phenoxy) is 2. The molecule has 35 heavy (non-hydrogen) atoms. The molecular weight excluding hydrogens is 456 g/mol. The van der Waals surface area contributed by atoms with E-state index in [1.54, 1.807) is 18.4 Å². The molecule has 0 bridgehead atoms. The third kappa shape index (κ3) is 4.64. The van der Waals surface area contributed by atoms with E-state index in [0.717, 1.165) is 41.0 Å². The van der Waals surface area contributed by atoms with E-state index >= 15 is 0 Å². The molecule has 0 saturated heterocycles. The average Bonchev–Trinajstić information content (AvgIpc) is 3.26. The van der Waals surface area contributed by atoms with E-state index in [1.165, 1.54) is 16.9 Å². The van der Waals surface area contributed by atoms with Crippen LogP contribution in [-0.2, 0) is 19.4 Å². The second-order valence-corrected chi connectivity index (χ2v) is 11.3. The molecule has 6 heteroatoms. The Balaban J connectivity index is 1.35. The number of benzene rings is 2. The number of amides is 1. The van der Waals surface area contributed by atoms with E-state index in [1.807, 2.05) is 48.5 Å². The zero-order valence-electron chi connectivity index (χ0n) is 20.9. The number of carbonyl (C=O) groups is 1. The Morgan fingerprint density at radius 1 is 1.09 bits per heavy atom. The van der Waals surface area contributed by atoms with Crippen LogP contribution in [-0.4, -0.2) is 13.0 Å². The lowest BCUT2D eigenvalue weighted by atomic mass is 9.69. The predicted octanol–water partition coefficient (Wildman–Crippen LogP) is 6.73. The molecule has 2 aromatic carbocycles. The lowest BCUT2D eigenvalue weighted by Crippen LogP contribution is -2.38. The van der Waals surface area contributed by atoms with Gasteiger partial charge in [-0.1, -0.05) is 63.6 Å². The van der Waals surface area contributed by atoms with Crippen LogP contribution in [0.1, 0.15) is 71.7 Å². The van der Waals surface area contributed by atoms with Crippen LogP contribution in [0.5, 0.6) is 11.5 Å². The Morgan fingerprint density at radius 3 is 2.63 bits per heavy atom. The zero-order chi connectivity index (χ0) is 24.6. The van der Waals surface area contributed by atoms with Crippen molar-refractivity contribution in [1.29, 1.82) is 0 Å². The van der Waals surface area contributed by atoms with Crippen molar-refractivity contribution in [2.75, 3.05) is 12.4 Å². The molecule has 1 aromatic heterocycles. The third-order valence-corrected chi connectivity index (χ3v) is 9.00. The first-order valence-electron chi connectivity index (χ1n) is 12.5. The van der Waals surface area contributed by atoms with Gasteiger partial charge in [-0.05, 0) is 59.4 Å². The van der Waals surface area contributed by atoms with E-state index in [9.17, 15) is 4.79 Å². The van der Waals surface area contributed by atoms with Crippen LogP contribution >= 0.6 is 11.3 Å². The third-order valence-electron chi connectivity index (χ3n) is 7.82. The van der Waals surface area contributed by atoms with E-state index in [0.29, 0.717) is 29.4 Å². The summed E-state index contributed by atoms with van der Waals surface area (Å²) in [5.74, 6) is 2.00. The van der Waals surface area contributed by atoms with Gasteiger partial charge in [-0.25, -0.2) is 0 Å². The van der Waals surface area contributed by atoms with Gasteiger partial charge in [-0.3, -0.25) is 4.79 Å². The summed E-state index contributed by atoms with van der Waals surface area (Å²) in [6.07, 6.45) is 4.06. The number of hydrogen-bond acceptors (Lipinski definition) is 5. The fourth-order valence-corrected chi connectivity index (χ4v) is 6.49. The lowest BCUT2D eigenvalue weighted by Gasteiger charge is -2.36. The molecule has 2 atom stereocenters. The second-order valence-electron chi connectivity index (χ2n) is 10.2. The highest BCUT2D eigenvalue weighted by molar-refractivity contribution is 7.16. The van der Waals surface area contributed by atoms with Gasteiger partial charge in [-0.15, -0.1) is 11.3 Å². The molecule has 184 valence electrons. The van der Waals surface area contributed by atoms with Gasteiger partial charge in [-0.2, -0.15) is 0 Å². The van der Waals surface area contributed by atoms with Crippen LogP contribution in [0.2, 0.25) is 0 Å². The summed E-state index contributed by atoms with van der Waals surface area (Å²) in [6, 6.07) is 15.9. The van der Waals surface area contributed by atoms with E-state index < -0.39 is 0 Å². The summed E-state index contributed by atoms with van der Waals surface area (Å²) in [4.78, 5) is 14.6. The summed E-state index contributed by atoms with van der Waals surface area (Å²) in [7, 11) is 1.64. The van der Waals surface area contributed by atoms with Crippen molar-refractivity contribution < 1.29 is 14.3 Å². The first kappa shape index (κ1) is 23.7. The number of nitrogens with one attached hydrogen (secondary N) is 2. The van der Waals surface area contributed by atoms with E-state index in [2.05, 4.69) is 31.4 Å². The maximum atomic E-state index is 13.2. The number of carbonyl (C=O) groups excluding carboxylic acids is 1. The number of anilines is 1. The van der Waals surface area contributed by atoms with Gasteiger partial charge in [0.05, 0.1) is 12.7 Å². The van der Waals surface area contributed by atoms with Crippen LogP contribution in [0.25, 0.3) is 0 Å². The van der Waals surface area contributed by atoms with Crippen LogP contribution in [0.3, 0.4) is 0 Å². The smallest absolute Gasteiger partial charge is 0.256 e. The van der Waals surface area contributed by atoms with Crippen molar-refractivity contribution in [3.8, 4) is 11.5 Å². The molecular formula is C29H34N2O3S. The molecule has 0 fully saturated rings. The monoisotopic (exact) mass is 490 g/mol. The molecule has 0 unspecified atom stereocenters. The minimum absolute atomic E-state index is 0.0119. The largest absolute Gasteiger partial charge is 0.493 e. The van der Waals surface area contributed by atoms with Crippen LogP contribution < -0.4 is 20.1 Å². The molecule has 0 saturated carbocycles. The normalized spacial score (nSPS) is 19.3. The van der Waals surface area contributed by atoms with Crippen molar-refractivity contribution in [3.05, 3.63) is 75.7 Å². The number of fused-ring (bicyclic) bond motifs is 3. The highest BCUT2D eigenvalue weighted by Crippen LogP contribution is 2.47. The molecule has 2 aliphatic rings. The molecule has 1 amide bonds. The van der Waals surface area contributed by atoms with Crippen molar-refractivity contribution in [1.82, 2.24) is 5.32 Å². The fourth-order valence-electron chi connectivity index (χ4n) is 5.14. The van der Waals surface area contributed by atoms with Gasteiger partial charge < -0.3 is 20.1 Å². The van der Waals surface area contributed by atoms with Crippen molar-refractivity contribution in [3.63, 3.8) is 0 Å². The second kappa shape index (κ2) is 9.57. The van der Waals surface area contributed by atoms with Gasteiger partial charge in [0.15, 0.2) is 11.5 Å². The number of methoxy groups -OCH3 is 1. The molecule has 3 aromatic rings. The zero-order valence-corrected chi connectivity index (χ0v) is 21.8. The van der Waals surface area contributed by atoms with Crippen molar-refractivity contribution in [2.45, 2.75) is 59.2 Å². The minimum atomic E-state index is -0.310. The Hall–Kier alpha value is -2.99. The lowest BCUT2D eigenvalue weighted by molar-refractivity contribution is 0.0934. The van der Waals surface area contributed by atoms with Gasteiger partial charge in [0.25, 0.3) is 5.91 Å². The molecule has 2 N–H and O–H groups in total. The van der Waals surface area contributed by atoms with Gasteiger partial charge in [0, 0.05) is 4.88 Å². The Labute approximate surface area is 211 Å². The first-order chi connectivity index (χ1) is 16.9. The summed E-state index contributed by atoms with van der Waals surface area (Å²) >= 11 is 1.76. The summed E-state index contributed by atoms with van der Waals surface area (Å²) in [5.41, 5.74) is 4.45. The first-order valence-corrected chi connectivity index (χ1v) is 13.3. The standard InChI is InChI=1S/C29H34N2O3S/c1-5-29(2,3)20-12-13-21-24(16-20)35-28-25(21)27(32)30-26(31-28)19-11-14-22(23(15-19)33-4)34-17-18-9-7-6-8-10-18/h6-11,14-15,20,26,31H,5,12-13,16-17H2,1-4H3,(H,30,32)/t20-,26+/m1/s1. The van der Waals surface area contributed by atoms with Gasteiger partial charge in [0.2, 0.25) is 0 Å². The molecule has 5 nitrogen and oxygen atoms in total. The summed E-state index contributed by atoms with van der Waals surface area (Å²) in [6.45, 7) is 7.49. The molecule has 1 aliphatic carbocycles. The van der Waals surface area contributed by atoms with Crippen LogP contribution in [0.4, 0.5) is 5.00 Å². The molecule has 2 heterocycles. The molecule has 5 rings (SSSR count). The summed E-state index contributed by atoms with van der Waals surface area (Å²) < 4.78 is 11.6. The quantitative estimate of drug-likeness (QED) is 0.385. The van der Waals surface area contributed by atoms with E-state index in [4.69, 9.17) is 9.47 Å². The molecule has 0 radical (unpaired) electrons. The Kier molecular flexibility index (Phi) is 6.49. The predicted molar refractivity (Wildman–Crippen MR) is 142 cm³/mol. The highest BCUT2D eigenvalue weighted by atomic mass is 32.1. The summed E-state index contributed by atoms with van der Waals surface area (Å²) in [5, 5.41) is 7.74. The number of hydrogen-bond donors (Lipinski definition) is 2. The average molecular weight is 491 g/mol. The van der Waals surface area contributed by atoms with Gasteiger partial charge in [0.1, 0.15) is 17.8 Å². The fraction of sp³-hybridized carbons (Fsp3) is 0.414. The Morgan fingerprint density at radius 2 is 1.89 bits per heavy atom. The van der Waals surface area contributed by atoms with Crippen LogP contribution in [0, 0.1) is 11.3 Å². The topological polar surface area (TPSA) is 59.6 Å². The maximum absolute atomic E-state index is 13.2. The SMILES string of the molecule is CCC(C)(C)[C@@H]1CCc2c(sc3c2C(=O)N[C@H](c2ccc(OCc4ccccc4)c(OC)c2)N3)C1.